The first-order valence-corrected chi connectivity index (χ1v) is 8.70. The number of rotatable bonds is 8. The van der Waals surface area contributed by atoms with E-state index < -0.39 is 0 Å². The van der Waals surface area contributed by atoms with Gasteiger partial charge in [0.2, 0.25) is 5.91 Å². The van der Waals surface area contributed by atoms with E-state index in [0.29, 0.717) is 18.3 Å². The Morgan fingerprint density at radius 2 is 2.10 bits per heavy atom. The molecule has 110 valence electrons. The lowest BCUT2D eigenvalue weighted by Crippen LogP contribution is -2.37. The number of nitrogens with one attached hydrogen (secondary N) is 2. The smallest absolute Gasteiger partial charge is 0.233 e. The largest absolute Gasteiger partial charge is 0.354 e. The zero-order chi connectivity index (χ0) is 14.4. The van der Waals surface area contributed by atoms with Gasteiger partial charge in [-0.05, 0) is 49.6 Å². The molecule has 0 bridgehead atoms. The first-order chi connectivity index (χ1) is 9.63. The Labute approximate surface area is 133 Å². The highest BCUT2D eigenvalue weighted by molar-refractivity contribution is 9.10. The Hall–Kier alpha value is -0.520. The van der Waals surface area contributed by atoms with Crippen LogP contribution in [0.2, 0.25) is 0 Å². The highest BCUT2D eigenvalue weighted by Gasteiger charge is 2.20. The van der Waals surface area contributed by atoms with E-state index in [1.54, 1.807) is 11.8 Å². The van der Waals surface area contributed by atoms with Crippen molar-refractivity contribution in [2.24, 2.45) is 5.92 Å². The molecule has 0 heterocycles. The standard InChI is InChI=1S/C15H21BrN2OS/c1-11(20-14-6-4-13(16)5-7-14)8-18-15(19)10-17-9-12-2-3-12/h4-7,11-12,17H,2-3,8-10H2,1H3,(H,18,19). The van der Waals surface area contributed by atoms with Crippen LogP contribution >= 0.6 is 27.7 Å². The van der Waals surface area contributed by atoms with Gasteiger partial charge in [0, 0.05) is 21.2 Å². The second-order valence-corrected chi connectivity index (χ2v) is 7.69. The summed E-state index contributed by atoms with van der Waals surface area (Å²) in [6.07, 6.45) is 2.63. The van der Waals surface area contributed by atoms with Gasteiger partial charge in [0.05, 0.1) is 6.54 Å². The van der Waals surface area contributed by atoms with E-state index in [9.17, 15) is 4.79 Å². The minimum absolute atomic E-state index is 0.0916. The van der Waals surface area contributed by atoms with Gasteiger partial charge in [-0.3, -0.25) is 4.79 Å². The molecule has 0 spiro atoms. The van der Waals surface area contributed by atoms with Gasteiger partial charge in [-0.15, -0.1) is 11.8 Å². The molecule has 1 aliphatic carbocycles. The first kappa shape index (κ1) is 15.9. The molecule has 2 rings (SSSR count). The van der Waals surface area contributed by atoms with Gasteiger partial charge >= 0.3 is 0 Å². The molecule has 0 saturated heterocycles. The molecule has 1 aromatic rings. The van der Waals surface area contributed by atoms with Crippen LogP contribution in [0.15, 0.2) is 33.6 Å². The third-order valence-electron chi connectivity index (χ3n) is 3.15. The third kappa shape index (κ3) is 6.29. The Kier molecular flexibility index (Phi) is 6.39. The molecular weight excluding hydrogens is 336 g/mol. The first-order valence-electron chi connectivity index (χ1n) is 7.03. The molecule has 3 nitrogen and oxygen atoms in total. The van der Waals surface area contributed by atoms with Crippen LogP contribution in [0.3, 0.4) is 0 Å². The zero-order valence-electron chi connectivity index (χ0n) is 11.7. The molecule has 0 radical (unpaired) electrons. The van der Waals surface area contributed by atoms with Crippen molar-refractivity contribution < 1.29 is 4.79 Å². The SMILES string of the molecule is CC(CNC(=O)CNCC1CC1)Sc1ccc(Br)cc1. The molecule has 5 heteroatoms. The van der Waals surface area contributed by atoms with E-state index in [4.69, 9.17) is 0 Å². The van der Waals surface area contributed by atoms with E-state index in [2.05, 4.69) is 45.6 Å². The van der Waals surface area contributed by atoms with E-state index in [-0.39, 0.29) is 5.91 Å². The highest BCUT2D eigenvalue weighted by atomic mass is 79.9. The Balaban J connectivity index is 1.59. The zero-order valence-corrected chi connectivity index (χ0v) is 14.1. The van der Waals surface area contributed by atoms with Gasteiger partial charge in [0.1, 0.15) is 0 Å². The van der Waals surface area contributed by atoms with Crippen LogP contribution in [-0.4, -0.2) is 30.8 Å². The number of hydrogen-bond donors (Lipinski definition) is 2. The second kappa shape index (κ2) is 8.05. The lowest BCUT2D eigenvalue weighted by atomic mass is 10.4. The molecule has 0 aliphatic heterocycles. The van der Waals surface area contributed by atoms with Crippen molar-refractivity contribution in [2.45, 2.75) is 29.9 Å². The molecule has 1 saturated carbocycles. The summed E-state index contributed by atoms with van der Waals surface area (Å²) in [6, 6.07) is 8.25. The van der Waals surface area contributed by atoms with Crippen molar-refractivity contribution in [3.8, 4) is 0 Å². The maximum absolute atomic E-state index is 11.7. The fraction of sp³-hybridized carbons (Fsp3) is 0.533. The van der Waals surface area contributed by atoms with Crippen molar-refractivity contribution in [3.05, 3.63) is 28.7 Å². The molecule has 20 heavy (non-hydrogen) atoms. The average molecular weight is 357 g/mol. The molecule has 1 fully saturated rings. The Morgan fingerprint density at radius 1 is 1.40 bits per heavy atom. The molecule has 1 aliphatic rings. The molecule has 1 aromatic carbocycles. The highest BCUT2D eigenvalue weighted by Crippen LogP contribution is 2.27. The lowest BCUT2D eigenvalue weighted by molar-refractivity contribution is -0.120. The van der Waals surface area contributed by atoms with Gasteiger partial charge < -0.3 is 10.6 Å². The summed E-state index contributed by atoms with van der Waals surface area (Å²) < 4.78 is 1.09. The van der Waals surface area contributed by atoms with Crippen molar-refractivity contribution in [1.82, 2.24) is 10.6 Å². The van der Waals surface area contributed by atoms with Crippen LogP contribution in [0.4, 0.5) is 0 Å². The molecule has 1 amide bonds. The molecule has 2 N–H and O–H groups in total. The van der Waals surface area contributed by atoms with Crippen LogP contribution in [0.1, 0.15) is 19.8 Å². The fourth-order valence-electron chi connectivity index (χ4n) is 1.82. The second-order valence-electron chi connectivity index (χ2n) is 5.26. The minimum Gasteiger partial charge on any atom is -0.354 e. The maximum Gasteiger partial charge on any atom is 0.233 e. The normalized spacial score (nSPS) is 15.9. The number of benzene rings is 1. The number of amides is 1. The summed E-state index contributed by atoms with van der Waals surface area (Å²) in [5, 5.41) is 6.54. The summed E-state index contributed by atoms with van der Waals surface area (Å²) in [4.78, 5) is 12.9. The molecular formula is C15H21BrN2OS. The predicted molar refractivity (Wildman–Crippen MR) is 88.1 cm³/mol. The van der Waals surface area contributed by atoms with E-state index in [1.807, 2.05) is 12.1 Å². The lowest BCUT2D eigenvalue weighted by Gasteiger charge is -2.13. The monoisotopic (exact) mass is 356 g/mol. The number of carbonyl (C=O) groups excluding carboxylic acids is 1. The summed E-state index contributed by atoms with van der Waals surface area (Å²) in [7, 11) is 0. The summed E-state index contributed by atoms with van der Waals surface area (Å²) in [6.45, 7) is 4.25. The average Bonchev–Trinajstić information content (AvgIpc) is 3.23. The number of carbonyl (C=O) groups is 1. The fourth-order valence-corrected chi connectivity index (χ4v) is 3.01. The summed E-state index contributed by atoms with van der Waals surface area (Å²) in [5.41, 5.74) is 0. The summed E-state index contributed by atoms with van der Waals surface area (Å²) >= 11 is 5.20. The minimum atomic E-state index is 0.0916. The van der Waals surface area contributed by atoms with Crippen LogP contribution in [-0.2, 0) is 4.79 Å². The van der Waals surface area contributed by atoms with Gasteiger partial charge in [-0.1, -0.05) is 22.9 Å². The number of thioether (sulfide) groups is 1. The van der Waals surface area contributed by atoms with E-state index in [0.717, 1.165) is 16.9 Å². The topological polar surface area (TPSA) is 41.1 Å². The van der Waals surface area contributed by atoms with E-state index >= 15 is 0 Å². The van der Waals surface area contributed by atoms with Gasteiger partial charge in [-0.2, -0.15) is 0 Å². The maximum atomic E-state index is 11.7. The Morgan fingerprint density at radius 3 is 2.75 bits per heavy atom. The van der Waals surface area contributed by atoms with E-state index in [1.165, 1.54) is 17.7 Å². The van der Waals surface area contributed by atoms with Crippen molar-refractivity contribution >= 4 is 33.6 Å². The predicted octanol–water partition coefficient (Wildman–Crippen LogP) is 3.05. The summed E-state index contributed by atoms with van der Waals surface area (Å²) in [5.74, 6) is 0.906. The van der Waals surface area contributed by atoms with Gasteiger partial charge in [0.15, 0.2) is 0 Å². The van der Waals surface area contributed by atoms with Gasteiger partial charge in [0.25, 0.3) is 0 Å². The molecule has 1 unspecified atom stereocenters. The van der Waals surface area contributed by atoms with Crippen molar-refractivity contribution in [1.29, 1.82) is 0 Å². The van der Waals surface area contributed by atoms with Gasteiger partial charge in [-0.25, -0.2) is 0 Å². The number of hydrogen-bond acceptors (Lipinski definition) is 3. The van der Waals surface area contributed by atoms with Crippen molar-refractivity contribution in [2.75, 3.05) is 19.6 Å². The van der Waals surface area contributed by atoms with Crippen molar-refractivity contribution in [3.63, 3.8) is 0 Å². The third-order valence-corrected chi connectivity index (χ3v) is 4.80. The molecule has 0 aromatic heterocycles. The Bertz CT molecular complexity index is 434. The number of halogens is 1. The van der Waals surface area contributed by atoms with Crippen LogP contribution < -0.4 is 10.6 Å². The van der Waals surface area contributed by atoms with Crippen LogP contribution in [0.5, 0.6) is 0 Å². The van der Waals surface area contributed by atoms with Crippen LogP contribution in [0, 0.1) is 5.92 Å². The quantitative estimate of drug-likeness (QED) is 0.703. The molecule has 1 atom stereocenters. The van der Waals surface area contributed by atoms with Crippen LogP contribution in [0.25, 0.3) is 0 Å².